The number of aliphatic hydroxyl groups is 1. The summed E-state index contributed by atoms with van der Waals surface area (Å²) in [6.45, 7) is 4.69. The van der Waals surface area contributed by atoms with E-state index >= 15 is 0 Å². The number of hydrogen-bond acceptors (Lipinski definition) is 4. The van der Waals surface area contributed by atoms with E-state index < -0.39 is 11.6 Å². The van der Waals surface area contributed by atoms with Crippen LogP contribution >= 0.6 is 11.3 Å². The van der Waals surface area contributed by atoms with Gasteiger partial charge >= 0.3 is 5.97 Å². The number of thiophene rings is 1. The molecule has 0 unspecified atom stereocenters. The number of carbonyl (C=O) groups is 1. The number of allylic oxidation sites excluding steroid dienone is 1. The molecule has 0 amide bonds. The molecule has 5 nitrogen and oxygen atoms in total. The van der Waals surface area contributed by atoms with Crippen molar-refractivity contribution in [3.8, 4) is 11.3 Å². The van der Waals surface area contributed by atoms with Crippen molar-refractivity contribution < 1.29 is 19.4 Å². The summed E-state index contributed by atoms with van der Waals surface area (Å²) < 4.78 is 15.5. The largest absolute Gasteiger partial charge is 0.477 e. The minimum Gasteiger partial charge on any atom is -0.477 e. The van der Waals surface area contributed by atoms with Gasteiger partial charge < -0.3 is 14.8 Å². The predicted octanol–water partition coefficient (Wildman–Crippen LogP) is 5.56. The summed E-state index contributed by atoms with van der Waals surface area (Å²) in [5.41, 5.74) is 2.56. The number of carboxylic acid groups (broad SMARTS) is 1. The Labute approximate surface area is 189 Å². The molecule has 3 aromatic rings. The number of carboxylic acids is 1. The maximum absolute atomic E-state index is 13.4. The SMILES string of the molecule is C[C@]12Cn3cnc(-c4ccc(F)cc4)c3C=C1CCC[C@@H]2[C@](C)(O)c1ccc(C(=O)O)s1. The molecule has 1 aromatic carbocycles. The Morgan fingerprint density at radius 1 is 1.28 bits per heavy atom. The van der Waals surface area contributed by atoms with Crippen LogP contribution in [-0.4, -0.2) is 25.7 Å². The Bertz CT molecular complexity index is 1220. The smallest absolute Gasteiger partial charge is 0.345 e. The summed E-state index contributed by atoms with van der Waals surface area (Å²) in [5, 5.41) is 21.0. The van der Waals surface area contributed by atoms with Gasteiger partial charge in [-0.3, -0.25) is 0 Å². The van der Waals surface area contributed by atoms with Gasteiger partial charge in [0.05, 0.1) is 23.3 Å². The average molecular weight is 453 g/mol. The molecule has 7 heteroatoms. The second-order valence-corrected chi connectivity index (χ2v) is 10.3. The summed E-state index contributed by atoms with van der Waals surface area (Å²) in [6, 6.07) is 9.70. The molecule has 0 spiro atoms. The molecule has 166 valence electrons. The maximum atomic E-state index is 13.4. The predicted molar refractivity (Wildman–Crippen MR) is 122 cm³/mol. The average Bonchev–Trinajstić information content (AvgIpc) is 3.39. The summed E-state index contributed by atoms with van der Waals surface area (Å²) in [7, 11) is 0. The number of hydrogen-bond donors (Lipinski definition) is 2. The van der Waals surface area contributed by atoms with Crippen molar-refractivity contribution in [2.24, 2.45) is 11.3 Å². The normalized spacial score (nSPS) is 24.2. The number of halogens is 1. The van der Waals surface area contributed by atoms with Gasteiger partial charge in [0.1, 0.15) is 10.7 Å². The van der Waals surface area contributed by atoms with Crippen molar-refractivity contribution in [2.45, 2.75) is 45.3 Å². The first-order valence-corrected chi connectivity index (χ1v) is 11.6. The fraction of sp³-hybridized carbons (Fsp3) is 0.360. The lowest BCUT2D eigenvalue weighted by Gasteiger charge is -2.51. The van der Waals surface area contributed by atoms with E-state index in [4.69, 9.17) is 0 Å². The number of nitrogens with zero attached hydrogens (tertiary/aromatic N) is 2. The Morgan fingerprint density at radius 3 is 2.72 bits per heavy atom. The van der Waals surface area contributed by atoms with Gasteiger partial charge in [-0.25, -0.2) is 14.2 Å². The zero-order chi connectivity index (χ0) is 22.7. The van der Waals surface area contributed by atoms with Crippen molar-refractivity contribution in [3.05, 3.63) is 69.6 Å². The summed E-state index contributed by atoms with van der Waals surface area (Å²) in [4.78, 5) is 16.9. The Hall–Kier alpha value is -2.77. The van der Waals surface area contributed by atoms with Crippen LogP contribution in [0.5, 0.6) is 0 Å². The van der Waals surface area contributed by atoms with Crippen molar-refractivity contribution in [1.82, 2.24) is 9.55 Å². The van der Waals surface area contributed by atoms with Crippen LogP contribution in [-0.2, 0) is 12.1 Å². The topological polar surface area (TPSA) is 75.3 Å². The monoisotopic (exact) mass is 452 g/mol. The highest BCUT2D eigenvalue weighted by atomic mass is 32.1. The van der Waals surface area contributed by atoms with Gasteiger partial charge in [0.15, 0.2) is 0 Å². The number of benzene rings is 1. The lowest BCUT2D eigenvalue weighted by molar-refractivity contribution is -0.0687. The van der Waals surface area contributed by atoms with Gasteiger partial charge in [0.25, 0.3) is 0 Å². The van der Waals surface area contributed by atoms with Crippen molar-refractivity contribution in [2.75, 3.05) is 0 Å². The Kier molecular flexibility index (Phi) is 4.87. The van der Waals surface area contributed by atoms with Crippen LogP contribution in [0.3, 0.4) is 0 Å². The molecule has 1 aliphatic carbocycles. The first kappa shape index (κ1) is 21.1. The van der Waals surface area contributed by atoms with Crippen LogP contribution in [0.15, 0.2) is 48.3 Å². The highest BCUT2D eigenvalue weighted by Gasteiger charge is 2.51. The minimum atomic E-state index is -1.15. The van der Waals surface area contributed by atoms with Gasteiger partial charge in [-0.2, -0.15) is 0 Å². The summed E-state index contributed by atoms with van der Waals surface area (Å²) >= 11 is 1.15. The molecule has 0 bridgehead atoms. The van der Waals surface area contributed by atoms with E-state index in [0.29, 0.717) is 11.4 Å². The summed E-state index contributed by atoms with van der Waals surface area (Å²) in [5.74, 6) is -1.31. The molecule has 3 atom stereocenters. The molecular weight excluding hydrogens is 427 g/mol. The molecule has 2 N–H and O–H groups in total. The van der Waals surface area contributed by atoms with Crippen LogP contribution in [0.25, 0.3) is 17.3 Å². The maximum Gasteiger partial charge on any atom is 0.345 e. The first-order valence-electron chi connectivity index (χ1n) is 10.8. The molecule has 1 fully saturated rings. The van der Waals surface area contributed by atoms with Crippen LogP contribution in [0.1, 0.15) is 53.4 Å². The van der Waals surface area contributed by atoms with Gasteiger partial charge in [-0.15, -0.1) is 11.3 Å². The van der Waals surface area contributed by atoms with Crippen LogP contribution in [0.2, 0.25) is 0 Å². The number of aromatic carboxylic acids is 1. The fourth-order valence-electron chi connectivity index (χ4n) is 5.59. The Balaban J connectivity index is 1.53. The van der Waals surface area contributed by atoms with Crippen LogP contribution < -0.4 is 0 Å². The molecule has 0 radical (unpaired) electrons. The number of rotatable bonds is 4. The number of aromatic nitrogens is 2. The molecular formula is C25H25FN2O3S. The standard InChI is InChI=1S/C25H25FN2O3S/c1-24-13-28-14-27-22(15-6-8-17(26)9-7-15)18(28)12-16(24)4-3-5-20(24)25(2,31)21-11-10-19(32-21)23(29)30/h6-12,14,20,31H,3-5,13H2,1-2H3,(H,29,30)/t20-,24-,25-/m0/s1. The minimum absolute atomic E-state index is 0.0693. The van der Waals surface area contributed by atoms with Crippen LogP contribution in [0, 0.1) is 17.2 Å². The zero-order valence-electron chi connectivity index (χ0n) is 18.0. The molecule has 2 aromatic heterocycles. The molecule has 0 saturated heterocycles. The number of imidazole rings is 1. The third kappa shape index (κ3) is 3.22. The lowest BCUT2D eigenvalue weighted by atomic mass is 9.58. The molecule has 32 heavy (non-hydrogen) atoms. The van der Waals surface area contributed by atoms with Gasteiger partial charge in [-0.1, -0.05) is 12.5 Å². The summed E-state index contributed by atoms with van der Waals surface area (Å²) in [6.07, 6.45) is 6.77. The van der Waals surface area contributed by atoms with E-state index in [9.17, 15) is 19.4 Å². The molecule has 1 aliphatic heterocycles. The molecule has 3 heterocycles. The van der Waals surface area contributed by atoms with Crippen molar-refractivity contribution >= 4 is 23.4 Å². The third-order valence-electron chi connectivity index (χ3n) is 7.24. The van der Waals surface area contributed by atoms with Crippen molar-refractivity contribution in [3.63, 3.8) is 0 Å². The van der Waals surface area contributed by atoms with E-state index in [1.165, 1.54) is 17.7 Å². The highest BCUT2D eigenvalue weighted by molar-refractivity contribution is 7.14. The number of fused-ring (bicyclic) bond motifs is 2. The van der Waals surface area contributed by atoms with E-state index in [2.05, 4.69) is 22.6 Å². The molecule has 2 aliphatic rings. The molecule has 5 rings (SSSR count). The van der Waals surface area contributed by atoms with Gasteiger partial charge in [-0.05, 0) is 68.7 Å². The lowest BCUT2D eigenvalue weighted by Crippen LogP contribution is -2.48. The molecule has 1 saturated carbocycles. The van der Waals surface area contributed by atoms with E-state index in [-0.39, 0.29) is 22.0 Å². The van der Waals surface area contributed by atoms with Crippen LogP contribution in [0.4, 0.5) is 4.39 Å². The van der Waals surface area contributed by atoms with E-state index in [0.717, 1.165) is 47.6 Å². The van der Waals surface area contributed by atoms with Gasteiger partial charge in [0.2, 0.25) is 0 Å². The Morgan fingerprint density at radius 2 is 2.03 bits per heavy atom. The highest BCUT2D eigenvalue weighted by Crippen LogP contribution is 2.56. The quantitative estimate of drug-likeness (QED) is 0.543. The van der Waals surface area contributed by atoms with E-state index in [1.807, 2.05) is 13.3 Å². The fourth-order valence-corrected chi connectivity index (χ4v) is 6.53. The third-order valence-corrected chi connectivity index (χ3v) is 8.54. The second-order valence-electron chi connectivity index (χ2n) is 9.26. The zero-order valence-corrected chi connectivity index (χ0v) is 18.8. The van der Waals surface area contributed by atoms with Crippen molar-refractivity contribution in [1.29, 1.82) is 0 Å². The van der Waals surface area contributed by atoms with Gasteiger partial charge in [0, 0.05) is 28.3 Å². The van der Waals surface area contributed by atoms with E-state index in [1.54, 1.807) is 24.3 Å². The second kappa shape index (κ2) is 7.39. The first-order chi connectivity index (χ1) is 15.2.